The lowest BCUT2D eigenvalue weighted by atomic mass is 10.1. The first-order valence-corrected chi connectivity index (χ1v) is 8.46. The van der Waals surface area contributed by atoms with Crippen LogP contribution in [0.15, 0.2) is 12.5 Å². The van der Waals surface area contributed by atoms with Crippen molar-refractivity contribution in [2.24, 2.45) is 0 Å². The van der Waals surface area contributed by atoms with Crippen LogP contribution in [-0.4, -0.2) is 87.1 Å². The van der Waals surface area contributed by atoms with Gasteiger partial charge >= 0.3 is 24.3 Å². The largest absolute Gasteiger partial charge is 0.490 e. The maximum absolute atomic E-state index is 10.6. The van der Waals surface area contributed by atoms with E-state index in [4.69, 9.17) is 19.8 Å². The molecule has 8 nitrogen and oxygen atoms in total. The molecule has 0 amide bonds. The van der Waals surface area contributed by atoms with Gasteiger partial charge in [-0.25, -0.2) is 14.6 Å². The number of carboxylic acids is 2. The van der Waals surface area contributed by atoms with Gasteiger partial charge in [-0.3, -0.25) is 4.90 Å². The van der Waals surface area contributed by atoms with Crippen LogP contribution in [0.5, 0.6) is 0 Å². The van der Waals surface area contributed by atoms with E-state index in [9.17, 15) is 26.3 Å². The number of carbonyl (C=O) groups is 2. The molecule has 1 aromatic heterocycles. The molecule has 1 aliphatic heterocycles. The molecule has 30 heavy (non-hydrogen) atoms. The first kappa shape index (κ1) is 27.6. The van der Waals surface area contributed by atoms with E-state index in [-0.39, 0.29) is 0 Å². The number of nitrogens with zero attached hydrogens (tertiary/aromatic N) is 4. The zero-order valence-corrected chi connectivity index (χ0v) is 16.7. The van der Waals surface area contributed by atoms with Gasteiger partial charge in [0.1, 0.15) is 0 Å². The summed E-state index contributed by atoms with van der Waals surface area (Å²) in [7, 11) is 4.26. The fraction of sp³-hybridized carbons (Fsp3) is 0.688. The quantitative estimate of drug-likeness (QED) is 0.683. The highest BCUT2D eigenvalue weighted by Gasteiger charge is 2.38. The maximum atomic E-state index is 10.6. The van der Waals surface area contributed by atoms with Gasteiger partial charge in [0.25, 0.3) is 0 Å². The summed E-state index contributed by atoms with van der Waals surface area (Å²) >= 11 is 0. The van der Waals surface area contributed by atoms with Crippen LogP contribution in [-0.2, 0) is 16.1 Å². The molecule has 1 aliphatic rings. The van der Waals surface area contributed by atoms with Crippen molar-refractivity contribution in [3.8, 4) is 0 Å². The number of aliphatic carboxylic acids is 2. The summed E-state index contributed by atoms with van der Waals surface area (Å²) in [4.78, 5) is 26.8. The van der Waals surface area contributed by atoms with E-state index < -0.39 is 24.3 Å². The van der Waals surface area contributed by atoms with E-state index >= 15 is 0 Å². The van der Waals surface area contributed by atoms with Gasteiger partial charge in [0.05, 0.1) is 18.1 Å². The standard InChI is InChI=1S/C12H22N4.2C2HF3O2/c1-10(2)15-7-11-5-13-9-16(11)12(8-15)6-14(3)4;2*3-2(4,5)1(6)7/h5,9-10,12H,6-8H2,1-4H3;2*(H,6,7). The summed E-state index contributed by atoms with van der Waals surface area (Å²) in [5, 5.41) is 14.2. The molecule has 14 heteroatoms. The van der Waals surface area contributed by atoms with Crippen molar-refractivity contribution < 1.29 is 46.1 Å². The van der Waals surface area contributed by atoms with Crippen LogP contribution in [0.1, 0.15) is 25.6 Å². The molecule has 0 bridgehead atoms. The lowest BCUT2D eigenvalue weighted by Gasteiger charge is -2.37. The molecule has 1 atom stereocenters. The van der Waals surface area contributed by atoms with Gasteiger partial charge in [0, 0.05) is 31.9 Å². The van der Waals surface area contributed by atoms with E-state index in [1.807, 2.05) is 12.5 Å². The van der Waals surface area contributed by atoms with Crippen LogP contribution in [0, 0.1) is 0 Å². The third-order valence-electron chi connectivity index (χ3n) is 3.74. The van der Waals surface area contributed by atoms with Crippen molar-refractivity contribution >= 4 is 11.9 Å². The Balaban J connectivity index is 0.000000503. The molecule has 0 aliphatic carbocycles. The smallest absolute Gasteiger partial charge is 0.475 e. The number of halogens is 6. The van der Waals surface area contributed by atoms with Crippen molar-refractivity contribution in [1.29, 1.82) is 0 Å². The topological polar surface area (TPSA) is 98.9 Å². The summed E-state index contributed by atoms with van der Waals surface area (Å²) in [6.07, 6.45) is -6.20. The van der Waals surface area contributed by atoms with Crippen LogP contribution in [0.25, 0.3) is 0 Å². The van der Waals surface area contributed by atoms with Gasteiger partial charge in [-0.2, -0.15) is 26.3 Å². The SMILES string of the molecule is CC(C)N1Cc2cncn2C(CN(C)C)C1.O=C(O)C(F)(F)F.O=C(O)C(F)(F)F. The predicted molar refractivity (Wildman–Crippen MR) is 92.7 cm³/mol. The number of imidazole rings is 1. The van der Waals surface area contributed by atoms with E-state index in [0.29, 0.717) is 12.1 Å². The highest BCUT2D eigenvalue weighted by atomic mass is 19.4. The molecule has 174 valence electrons. The number of rotatable bonds is 3. The normalized spacial score (nSPS) is 16.9. The molecule has 2 rings (SSSR count). The fourth-order valence-corrected chi connectivity index (χ4v) is 2.38. The van der Waals surface area contributed by atoms with Gasteiger partial charge in [-0.15, -0.1) is 0 Å². The molecule has 0 radical (unpaired) electrons. The first-order valence-electron chi connectivity index (χ1n) is 8.46. The van der Waals surface area contributed by atoms with Crippen molar-refractivity contribution in [2.75, 3.05) is 27.2 Å². The number of fused-ring (bicyclic) bond motifs is 1. The minimum absolute atomic E-state index is 0.531. The molecule has 0 saturated heterocycles. The van der Waals surface area contributed by atoms with Crippen molar-refractivity contribution in [3.63, 3.8) is 0 Å². The van der Waals surface area contributed by atoms with Gasteiger partial charge in [0.15, 0.2) is 0 Å². The fourth-order valence-electron chi connectivity index (χ4n) is 2.38. The summed E-state index contributed by atoms with van der Waals surface area (Å²) in [5.74, 6) is -5.51. The highest BCUT2D eigenvalue weighted by molar-refractivity contribution is 5.73. The number of hydrogen-bond donors (Lipinski definition) is 2. The van der Waals surface area contributed by atoms with Crippen LogP contribution in [0.2, 0.25) is 0 Å². The van der Waals surface area contributed by atoms with Crippen molar-refractivity contribution in [3.05, 3.63) is 18.2 Å². The van der Waals surface area contributed by atoms with Gasteiger partial charge < -0.3 is 19.7 Å². The van der Waals surface area contributed by atoms with Gasteiger partial charge in [-0.1, -0.05) is 0 Å². The Morgan fingerprint density at radius 2 is 1.57 bits per heavy atom. The highest BCUT2D eigenvalue weighted by Crippen LogP contribution is 2.22. The second-order valence-electron chi connectivity index (χ2n) is 6.84. The minimum atomic E-state index is -5.08. The second-order valence-corrected chi connectivity index (χ2v) is 6.84. The summed E-state index contributed by atoms with van der Waals surface area (Å²) in [6.45, 7) is 7.75. The lowest BCUT2D eigenvalue weighted by molar-refractivity contribution is -0.193. The minimum Gasteiger partial charge on any atom is -0.475 e. The predicted octanol–water partition coefficient (Wildman–Crippen LogP) is 2.48. The zero-order valence-electron chi connectivity index (χ0n) is 16.7. The Morgan fingerprint density at radius 3 is 1.90 bits per heavy atom. The lowest BCUT2D eigenvalue weighted by Crippen LogP contribution is -2.43. The third-order valence-corrected chi connectivity index (χ3v) is 3.74. The zero-order chi connectivity index (χ0) is 23.9. The van der Waals surface area contributed by atoms with Gasteiger partial charge in [0.2, 0.25) is 0 Å². The molecule has 2 heterocycles. The molecule has 0 fully saturated rings. The average Bonchev–Trinajstić information content (AvgIpc) is 3.02. The van der Waals surface area contributed by atoms with E-state index in [1.165, 1.54) is 5.69 Å². The second kappa shape index (κ2) is 11.2. The molecule has 0 saturated carbocycles. The Hall–Kier alpha value is -2.35. The Bertz CT molecular complexity index is 664. The van der Waals surface area contributed by atoms with Crippen LogP contribution in [0.3, 0.4) is 0 Å². The van der Waals surface area contributed by atoms with Crippen LogP contribution in [0.4, 0.5) is 26.3 Å². The first-order chi connectivity index (χ1) is 13.5. The molecule has 0 spiro atoms. The maximum Gasteiger partial charge on any atom is 0.490 e. The Labute approximate surface area is 168 Å². The van der Waals surface area contributed by atoms with Crippen molar-refractivity contribution in [1.82, 2.24) is 19.4 Å². The monoisotopic (exact) mass is 450 g/mol. The molecular weight excluding hydrogens is 426 g/mol. The summed E-state index contributed by atoms with van der Waals surface area (Å²) in [5.41, 5.74) is 1.34. The van der Waals surface area contributed by atoms with Crippen LogP contribution >= 0.6 is 0 Å². The number of alkyl halides is 6. The van der Waals surface area contributed by atoms with Crippen molar-refractivity contribution in [2.45, 2.75) is 44.8 Å². The number of aromatic nitrogens is 2. The Morgan fingerprint density at radius 1 is 1.13 bits per heavy atom. The average molecular weight is 450 g/mol. The van der Waals surface area contributed by atoms with E-state index in [0.717, 1.165) is 19.6 Å². The molecule has 2 N–H and O–H groups in total. The van der Waals surface area contributed by atoms with Crippen LogP contribution < -0.4 is 0 Å². The summed E-state index contributed by atoms with van der Waals surface area (Å²) < 4.78 is 65.8. The molecule has 0 aromatic carbocycles. The Kier molecular flexibility index (Phi) is 10.3. The molecule has 1 aromatic rings. The number of carboxylic acid groups (broad SMARTS) is 2. The molecular formula is C16H24F6N4O4. The third kappa shape index (κ3) is 9.91. The van der Waals surface area contributed by atoms with E-state index in [1.54, 1.807) is 0 Å². The number of hydrogen-bond acceptors (Lipinski definition) is 5. The molecule has 1 unspecified atom stereocenters. The number of likely N-dealkylation sites (N-methyl/N-ethyl adjacent to an activating group) is 1. The summed E-state index contributed by atoms with van der Waals surface area (Å²) in [6, 6.07) is 1.14. The van der Waals surface area contributed by atoms with E-state index in [2.05, 4.69) is 47.3 Å². The van der Waals surface area contributed by atoms with Gasteiger partial charge in [-0.05, 0) is 27.9 Å².